The number of aromatic nitrogens is 3. The van der Waals surface area contributed by atoms with Crippen LogP contribution in [-0.2, 0) is 24.2 Å². The molecule has 10 heteroatoms. The number of halogens is 2. The fraction of sp³-hybridized carbons (Fsp3) is 0.515. The summed E-state index contributed by atoms with van der Waals surface area (Å²) in [5, 5.41) is 7.17. The first-order valence-electron chi connectivity index (χ1n) is 15.7. The summed E-state index contributed by atoms with van der Waals surface area (Å²) in [5.74, 6) is 0.0897. The first-order chi connectivity index (χ1) is 21.0. The van der Waals surface area contributed by atoms with Crippen molar-refractivity contribution in [3.63, 3.8) is 0 Å². The van der Waals surface area contributed by atoms with Crippen molar-refractivity contribution in [2.24, 2.45) is 5.92 Å². The maximum absolute atomic E-state index is 13.9. The van der Waals surface area contributed by atoms with E-state index in [2.05, 4.69) is 49.7 Å². The highest BCUT2D eigenvalue weighted by molar-refractivity contribution is 9.10. The number of piperidine rings is 1. The van der Waals surface area contributed by atoms with Crippen LogP contribution in [0.25, 0.3) is 0 Å². The molecule has 2 N–H and O–H groups in total. The van der Waals surface area contributed by atoms with Gasteiger partial charge in [-0.25, -0.2) is 9.78 Å². The number of rotatable bonds is 7. The van der Waals surface area contributed by atoms with Crippen LogP contribution >= 0.6 is 27.5 Å². The highest BCUT2D eigenvalue weighted by atomic mass is 79.9. The predicted octanol–water partition coefficient (Wildman–Crippen LogP) is 6.25. The maximum Gasteiger partial charge on any atom is 0.318 e. The van der Waals surface area contributed by atoms with E-state index in [0.717, 1.165) is 73.1 Å². The Morgan fingerprint density at radius 3 is 2.72 bits per heavy atom. The van der Waals surface area contributed by atoms with Crippen LogP contribution in [0.5, 0.6) is 0 Å². The number of pyridine rings is 1. The summed E-state index contributed by atoms with van der Waals surface area (Å²) in [6, 6.07) is 7.91. The standard InChI is InChI=1S/C33H40BrClN6O2/c34-25-17-24-8-7-22-18-26(35)9-10-28(22)30(31(24)38-20-25)23-11-15-41(33(43)39-27-5-2-1-3-6-27)29(19-23)32(42)37-12-4-14-40-16-13-36-21-40/h9-10,13,16-18,20-21,23,27,29-30H,1-8,11-12,14-15,19H2,(H,37,42)(H,39,43)/t23?,29?,30-/m1/s1. The van der Waals surface area contributed by atoms with Gasteiger partial charge in [0.25, 0.3) is 0 Å². The largest absolute Gasteiger partial charge is 0.354 e. The van der Waals surface area contributed by atoms with E-state index in [-0.39, 0.29) is 29.8 Å². The van der Waals surface area contributed by atoms with Crippen LogP contribution in [0.4, 0.5) is 4.79 Å². The number of carbonyl (C=O) groups excluding carboxylic acids is 2. The minimum Gasteiger partial charge on any atom is -0.354 e. The zero-order valence-electron chi connectivity index (χ0n) is 24.5. The van der Waals surface area contributed by atoms with Crippen LogP contribution in [0.2, 0.25) is 5.02 Å². The van der Waals surface area contributed by atoms with Crippen molar-refractivity contribution in [3.05, 3.63) is 81.1 Å². The van der Waals surface area contributed by atoms with Gasteiger partial charge in [-0.05, 0) is 102 Å². The number of benzene rings is 1. The molecule has 0 spiro atoms. The van der Waals surface area contributed by atoms with Crippen LogP contribution in [0.3, 0.4) is 0 Å². The lowest BCUT2D eigenvalue weighted by Crippen LogP contribution is -2.58. The van der Waals surface area contributed by atoms with Crippen LogP contribution in [-0.4, -0.2) is 56.5 Å². The van der Waals surface area contributed by atoms with Crippen LogP contribution in [0.1, 0.15) is 79.7 Å². The van der Waals surface area contributed by atoms with Crippen molar-refractivity contribution in [1.82, 2.24) is 30.1 Å². The zero-order chi connectivity index (χ0) is 29.8. The number of hydrogen-bond acceptors (Lipinski definition) is 4. The third-order valence-corrected chi connectivity index (χ3v) is 10.1. The fourth-order valence-corrected chi connectivity index (χ4v) is 7.84. The summed E-state index contributed by atoms with van der Waals surface area (Å²) < 4.78 is 2.97. The number of fused-ring (bicyclic) bond motifs is 2. The quantitative estimate of drug-likeness (QED) is 0.291. The Labute approximate surface area is 267 Å². The Balaban J connectivity index is 1.25. The highest BCUT2D eigenvalue weighted by Gasteiger charge is 2.42. The molecule has 6 rings (SSSR count). The Morgan fingerprint density at radius 1 is 1.07 bits per heavy atom. The summed E-state index contributed by atoms with van der Waals surface area (Å²) in [4.78, 5) is 38.4. The molecule has 1 saturated heterocycles. The third kappa shape index (κ3) is 7.09. The molecule has 8 nitrogen and oxygen atoms in total. The van der Waals surface area contributed by atoms with Crippen molar-refractivity contribution in [3.8, 4) is 0 Å². The molecule has 1 aliphatic heterocycles. The van der Waals surface area contributed by atoms with E-state index in [1.807, 2.05) is 23.0 Å². The molecular formula is C33H40BrClN6O2. The summed E-state index contributed by atoms with van der Waals surface area (Å²) >= 11 is 10.1. The van der Waals surface area contributed by atoms with Crippen LogP contribution in [0.15, 0.2) is 53.7 Å². The molecule has 3 aliphatic rings. The Kier molecular flexibility index (Phi) is 9.67. The molecule has 2 aromatic heterocycles. The molecule has 0 radical (unpaired) electrons. The molecular weight excluding hydrogens is 628 g/mol. The van der Waals surface area contributed by atoms with Gasteiger partial charge < -0.3 is 20.1 Å². The summed E-state index contributed by atoms with van der Waals surface area (Å²) in [6.07, 6.45) is 16.8. The highest BCUT2D eigenvalue weighted by Crippen LogP contribution is 2.44. The van der Waals surface area contributed by atoms with Crippen molar-refractivity contribution < 1.29 is 9.59 Å². The van der Waals surface area contributed by atoms with Gasteiger partial charge in [0.2, 0.25) is 5.91 Å². The lowest BCUT2D eigenvalue weighted by atomic mass is 9.74. The molecule has 3 heterocycles. The number of nitrogens with zero attached hydrogens (tertiary/aromatic N) is 4. The molecule has 43 heavy (non-hydrogen) atoms. The molecule has 228 valence electrons. The molecule has 3 amide bonds. The van der Waals surface area contributed by atoms with Gasteiger partial charge in [0.1, 0.15) is 6.04 Å². The van der Waals surface area contributed by atoms with Gasteiger partial charge in [-0.2, -0.15) is 0 Å². The number of aryl methyl sites for hydroxylation is 3. The zero-order valence-corrected chi connectivity index (χ0v) is 26.8. The van der Waals surface area contributed by atoms with Crippen LogP contribution < -0.4 is 10.6 Å². The second-order valence-electron chi connectivity index (χ2n) is 12.2. The summed E-state index contributed by atoms with van der Waals surface area (Å²) in [6.45, 7) is 1.85. The van der Waals surface area contributed by atoms with Gasteiger partial charge >= 0.3 is 6.03 Å². The van der Waals surface area contributed by atoms with E-state index in [1.54, 1.807) is 17.4 Å². The van der Waals surface area contributed by atoms with Crippen molar-refractivity contribution in [2.45, 2.75) is 88.8 Å². The monoisotopic (exact) mass is 666 g/mol. The first-order valence-corrected chi connectivity index (χ1v) is 16.9. The van der Waals surface area contributed by atoms with Gasteiger partial charge in [0, 0.05) is 59.7 Å². The number of likely N-dealkylation sites (tertiary alicyclic amines) is 1. The van der Waals surface area contributed by atoms with E-state index < -0.39 is 6.04 Å². The Bertz CT molecular complexity index is 1370. The second kappa shape index (κ2) is 13.8. The Hall–Kier alpha value is -2.91. The van der Waals surface area contributed by atoms with E-state index in [0.29, 0.717) is 19.5 Å². The van der Waals surface area contributed by atoms with Gasteiger partial charge in [-0.15, -0.1) is 0 Å². The van der Waals surface area contributed by atoms with E-state index in [9.17, 15) is 9.59 Å². The lowest BCUT2D eigenvalue weighted by Gasteiger charge is -2.42. The molecule has 2 aliphatic carbocycles. The normalized spacial score (nSPS) is 22.3. The summed E-state index contributed by atoms with van der Waals surface area (Å²) in [7, 11) is 0. The molecule has 2 unspecified atom stereocenters. The van der Waals surface area contributed by atoms with Gasteiger partial charge in [0.15, 0.2) is 0 Å². The Morgan fingerprint density at radius 2 is 1.91 bits per heavy atom. The van der Waals surface area contributed by atoms with Crippen molar-refractivity contribution >= 4 is 39.5 Å². The van der Waals surface area contributed by atoms with Gasteiger partial charge in [0.05, 0.1) is 12.0 Å². The lowest BCUT2D eigenvalue weighted by molar-refractivity contribution is -0.127. The van der Waals surface area contributed by atoms with Crippen molar-refractivity contribution in [2.75, 3.05) is 13.1 Å². The molecule has 3 aromatic rings. The number of carbonyl (C=O) groups is 2. The number of urea groups is 1. The van der Waals surface area contributed by atoms with Gasteiger partial charge in [-0.1, -0.05) is 36.9 Å². The minimum atomic E-state index is -0.548. The second-order valence-corrected chi connectivity index (χ2v) is 13.6. The first kappa shape index (κ1) is 30.1. The number of nitrogens with one attached hydrogen (secondary N) is 2. The average Bonchev–Trinajstić information content (AvgIpc) is 3.48. The molecule has 1 aromatic carbocycles. The number of imidazole rings is 1. The average molecular weight is 668 g/mol. The van der Waals surface area contributed by atoms with Crippen molar-refractivity contribution in [1.29, 1.82) is 0 Å². The topological polar surface area (TPSA) is 92.2 Å². The van der Waals surface area contributed by atoms with E-state index >= 15 is 0 Å². The minimum absolute atomic E-state index is 0.0259. The third-order valence-electron chi connectivity index (χ3n) is 9.43. The number of hydrogen-bond donors (Lipinski definition) is 2. The van der Waals surface area contributed by atoms with Crippen LogP contribution in [0, 0.1) is 5.92 Å². The molecule has 3 atom stereocenters. The molecule has 2 fully saturated rings. The molecule has 1 saturated carbocycles. The predicted molar refractivity (Wildman–Crippen MR) is 171 cm³/mol. The fourth-order valence-electron chi connectivity index (χ4n) is 7.26. The summed E-state index contributed by atoms with van der Waals surface area (Å²) in [5.41, 5.74) is 4.78. The SMILES string of the molecule is O=C(NCCCn1ccnc1)C1CC([C@@H]2c3ccc(Cl)cc3CCc3cc(Br)cnc32)CCN1C(=O)NC1CCCCC1. The van der Waals surface area contributed by atoms with Gasteiger partial charge in [-0.3, -0.25) is 9.78 Å². The maximum atomic E-state index is 13.9. The van der Waals surface area contributed by atoms with E-state index in [4.69, 9.17) is 16.6 Å². The molecule has 0 bridgehead atoms. The van der Waals surface area contributed by atoms with E-state index in [1.165, 1.54) is 23.1 Å². The smallest absolute Gasteiger partial charge is 0.318 e. The number of amides is 3.